The number of allylic oxidation sites excluding steroid dienone is 1. The van der Waals surface area contributed by atoms with E-state index in [9.17, 15) is 14.4 Å². The molecule has 0 amide bonds. The largest absolute Gasteiger partial charge is 0.868 e. The molecule has 0 aromatic heterocycles. The highest BCUT2D eigenvalue weighted by Crippen LogP contribution is 2.05. The number of hydrogen-bond acceptors (Lipinski definition) is 6. The summed E-state index contributed by atoms with van der Waals surface area (Å²) in [6.07, 6.45) is 1.57. The van der Waals surface area contributed by atoms with Crippen LogP contribution in [0.2, 0.25) is 0 Å². The van der Waals surface area contributed by atoms with E-state index in [0.717, 1.165) is 6.26 Å². The molecule has 1 aliphatic heterocycles. The van der Waals surface area contributed by atoms with E-state index in [-0.39, 0.29) is 5.57 Å². The summed E-state index contributed by atoms with van der Waals surface area (Å²) in [4.78, 5) is 30.9. The Labute approximate surface area is 73.6 Å². The summed E-state index contributed by atoms with van der Waals surface area (Å²) in [5, 5.41) is 0. The van der Waals surface area contributed by atoms with Crippen LogP contribution in [0, 0.1) is 0 Å². The molecule has 1 heterocycles. The minimum Gasteiger partial charge on any atom is -0.496 e. The van der Waals surface area contributed by atoms with Gasteiger partial charge in [-0.05, 0) is 6.92 Å². The van der Waals surface area contributed by atoms with Gasteiger partial charge in [0.15, 0.2) is 0 Å². The second-order valence-corrected chi connectivity index (χ2v) is 2.22. The molecule has 1 saturated heterocycles. The second kappa shape index (κ2) is 3.75. The van der Waals surface area contributed by atoms with Crippen molar-refractivity contribution in [2.45, 2.75) is 6.92 Å². The maximum Gasteiger partial charge on any atom is 0.868 e. The van der Waals surface area contributed by atoms with Crippen molar-refractivity contribution < 1.29 is 28.3 Å². The third-order valence-corrected chi connectivity index (χ3v) is 1.12. The SMILES string of the molecule is CC(C=O)=COB1OC(=O)C(=O)O1. The second-order valence-electron chi connectivity index (χ2n) is 2.22. The van der Waals surface area contributed by atoms with Gasteiger partial charge in [0.2, 0.25) is 0 Å². The number of carbonyl (C=O) groups excluding carboxylic acids is 3. The van der Waals surface area contributed by atoms with Gasteiger partial charge < -0.3 is 14.0 Å². The van der Waals surface area contributed by atoms with Crippen molar-refractivity contribution in [1.82, 2.24) is 0 Å². The smallest absolute Gasteiger partial charge is 0.496 e. The van der Waals surface area contributed by atoms with E-state index < -0.39 is 19.3 Å². The van der Waals surface area contributed by atoms with E-state index in [1.165, 1.54) is 6.92 Å². The molecule has 0 radical (unpaired) electrons. The third-order valence-electron chi connectivity index (χ3n) is 1.12. The van der Waals surface area contributed by atoms with Crippen LogP contribution in [0.1, 0.15) is 6.92 Å². The Bertz CT molecular complexity index is 267. The molecule has 13 heavy (non-hydrogen) atoms. The zero-order valence-electron chi connectivity index (χ0n) is 6.68. The average Bonchev–Trinajstić information content (AvgIpc) is 2.42. The van der Waals surface area contributed by atoms with Crippen LogP contribution in [0.25, 0.3) is 0 Å². The molecule has 1 rings (SSSR count). The van der Waals surface area contributed by atoms with E-state index >= 15 is 0 Å². The molecule has 0 atom stereocenters. The zero-order valence-corrected chi connectivity index (χ0v) is 6.68. The Kier molecular flexibility index (Phi) is 2.68. The number of hydrogen-bond donors (Lipinski definition) is 0. The van der Waals surface area contributed by atoms with Crippen LogP contribution in [0.4, 0.5) is 0 Å². The average molecular weight is 184 g/mol. The molecule has 0 spiro atoms. The van der Waals surface area contributed by atoms with Gasteiger partial charge in [-0.25, -0.2) is 9.59 Å². The summed E-state index contributed by atoms with van der Waals surface area (Å²) in [6.45, 7) is 1.48. The molecule has 0 aromatic carbocycles. The lowest BCUT2D eigenvalue weighted by molar-refractivity contribution is -0.150. The van der Waals surface area contributed by atoms with Crippen LogP contribution < -0.4 is 0 Å². The van der Waals surface area contributed by atoms with Gasteiger partial charge >= 0.3 is 19.3 Å². The first kappa shape index (κ1) is 9.30. The van der Waals surface area contributed by atoms with Crippen LogP contribution in [-0.4, -0.2) is 25.5 Å². The highest BCUT2D eigenvalue weighted by atomic mass is 16.8. The first-order chi connectivity index (χ1) is 6.13. The van der Waals surface area contributed by atoms with Gasteiger partial charge in [0.25, 0.3) is 0 Å². The molecular weight excluding hydrogens is 179 g/mol. The van der Waals surface area contributed by atoms with Gasteiger partial charge in [0.05, 0.1) is 6.26 Å². The van der Waals surface area contributed by atoms with Gasteiger partial charge in [-0.3, -0.25) is 4.79 Å². The fourth-order valence-electron chi connectivity index (χ4n) is 0.541. The van der Waals surface area contributed by atoms with Gasteiger partial charge in [-0.2, -0.15) is 0 Å². The maximum atomic E-state index is 10.4. The maximum absolute atomic E-state index is 10.4. The summed E-state index contributed by atoms with van der Waals surface area (Å²) < 4.78 is 13.2. The standard InChI is InChI=1S/C6H5BO6/c1-4(2-8)3-11-7-12-5(9)6(10)13-7/h2-3H,1H3. The fraction of sp³-hybridized carbons (Fsp3) is 0.167. The van der Waals surface area contributed by atoms with E-state index in [0.29, 0.717) is 6.29 Å². The molecule has 7 heteroatoms. The molecule has 0 unspecified atom stereocenters. The molecule has 0 aromatic rings. The molecule has 1 fully saturated rings. The minimum absolute atomic E-state index is 0.277. The van der Waals surface area contributed by atoms with Gasteiger partial charge in [-0.15, -0.1) is 0 Å². The highest BCUT2D eigenvalue weighted by Gasteiger charge is 2.44. The topological polar surface area (TPSA) is 78.9 Å². The minimum atomic E-state index is -1.38. The number of rotatable bonds is 3. The Hall–Kier alpha value is -1.79. The van der Waals surface area contributed by atoms with Crippen molar-refractivity contribution in [3.63, 3.8) is 0 Å². The van der Waals surface area contributed by atoms with Gasteiger partial charge in [-0.1, -0.05) is 0 Å². The van der Waals surface area contributed by atoms with Crippen molar-refractivity contribution in [2.75, 3.05) is 0 Å². The van der Waals surface area contributed by atoms with Gasteiger partial charge in [0, 0.05) is 5.57 Å². The Morgan fingerprint density at radius 1 is 1.38 bits per heavy atom. The van der Waals surface area contributed by atoms with Crippen molar-refractivity contribution in [3.05, 3.63) is 11.8 Å². The molecule has 6 nitrogen and oxygen atoms in total. The predicted octanol–water partition coefficient (Wildman–Crippen LogP) is -0.809. The summed E-state index contributed by atoms with van der Waals surface area (Å²) in [6, 6.07) is 0. The normalized spacial score (nSPS) is 16.7. The van der Waals surface area contributed by atoms with E-state index in [2.05, 4.69) is 14.0 Å². The first-order valence-electron chi connectivity index (χ1n) is 3.32. The van der Waals surface area contributed by atoms with Crippen LogP contribution in [0.3, 0.4) is 0 Å². The van der Waals surface area contributed by atoms with Crippen LogP contribution in [-0.2, 0) is 28.3 Å². The Balaban J connectivity index is 2.45. The summed E-state index contributed by atoms with van der Waals surface area (Å²) in [5.41, 5.74) is 0.277. The van der Waals surface area contributed by atoms with E-state index in [4.69, 9.17) is 0 Å². The lowest BCUT2D eigenvalue weighted by Gasteiger charge is -1.98. The molecule has 0 N–H and O–H groups in total. The monoisotopic (exact) mass is 184 g/mol. The first-order valence-corrected chi connectivity index (χ1v) is 3.32. The van der Waals surface area contributed by atoms with Gasteiger partial charge in [0.1, 0.15) is 6.29 Å². The fourth-order valence-corrected chi connectivity index (χ4v) is 0.541. The lowest BCUT2D eigenvalue weighted by atomic mass is 10.2. The molecule has 0 bridgehead atoms. The van der Waals surface area contributed by atoms with E-state index in [1.807, 2.05) is 0 Å². The zero-order chi connectivity index (χ0) is 9.84. The third kappa shape index (κ3) is 2.33. The van der Waals surface area contributed by atoms with Crippen molar-refractivity contribution in [2.24, 2.45) is 0 Å². The summed E-state index contributed by atoms with van der Waals surface area (Å²) >= 11 is 0. The Morgan fingerprint density at radius 3 is 2.38 bits per heavy atom. The number of carbonyl (C=O) groups is 3. The highest BCUT2D eigenvalue weighted by molar-refractivity contribution is 6.55. The molecule has 1 aliphatic rings. The van der Waals surface area contributed by atoms with Crippen molar-refractivity contribution >= 4 is 25.5 Å². The summed E-state index contributed by atoms with van der Waals surface area (Å²) in [5.74, 6) is -2.22. The predicted molar refractivity (Wildman–Crippen MR) is 38.8 cm³/mol. The van der Waals surface area contributed by atoms with Crippen LogP contribution >= 0.6 is 0 Å². The molecular formula is C6H5BO6. The molecule has 0 aliphatic carbocycles. The van der Waals surface area contributed by atoms with E-state index in [1.54, 1.807) is 0 Å². The number of aldehydes is 1. The summed E-state index contributed by atoms with van der Waals surface area (Å²) in [7, 11) is -1.38. The molecule has 0 saturated carbocycles. The van der Waals surface area contributed by atoms with Crippen molar-refractivity contribution in [1.29, 1.82) is 0 Å². The van der Waals surface area contributed by atoms with Crippen LogP contribution in [0.15, 0.2) is 11.8 Å². The van der Waals surface area contributed by atoms with Crippen molar-refractivity contribution in [3.8, 4) is 0 Å². The quantitative estimate of drug-likeness (QED) is 0.187. The lowest BCUT2D eigenvalue weighted by Crippen LogP contribution is -2.17. The molecule has 68 valence electrons. The Morgan fingerprint density at radius 2 is 1.92 bits per heavy atom. The van der Waals surface area contributed by atoms with Crippen LogP contribution in [0.5, 0.6) is 0 Å².